The molecule has 0 bridgehead atoms. The van der Waals surface area contributed by atoms with Crippen LogP contribution < -0.4 is 10.6 Å². The van der Waals surface area contributed by atoms with Crippen LogP contribution in [-0.4, -0.2) is 6.03 Å². The molecule has 0 atom stereocenters. The highest BCUT2D eigenvalue weighted by atomic mass is 16.2. The number of rotatable bonds is 3. The van der Waals surface area contributed by atoms with Crippen molar-refractivity contribution < 1.29 is 4.79 Å². The standard InChI is InChI=1S/C23H18N2O/c26-23(25-22-16-8-12-18-11-4-5-13-20(18)22)24-21-15-7-6-14-19(21)17-9-2-1-3-10-17/h1-16H,(H2,24,25,26). The minimum atomic E-state index is -0.260. The summed E-state index contributed by atoms with van der Waals surface area (Å²) in [5.74, 6) is 0. The molecule has 0 fully saturated rings. The van der Waals surface area contributed by atoms with E-state index < -0.39 is 0 Å². The highest BCUT2D eigenvalue weighted by molar-refractivity contribution is 6.07. The molecule has 0 radical (unpaired) electrons. The zero-order valence-electron chi connectivity index (χ0n) is 14.1. The van der Waals surface area contributed by atoms with Crippen molar-refractivity contribution >= 4 is 28.2 Å². The quantitative estimate of drug-likeness (QED) is 0.462. The summed E-state index contributed by atoms with van der Waals surface area (Å²) < 4.78 is 0. The number of para-hydroxylation sites is 1. The average molecular weight is 338 g/mol. The van der Waals surface area contributed by atoms with Crippen molar-refractivity contribution in [2.75, 3.05) is 10.6 Å². The smallest absolute Gasteiger partial charge is 0.307 e. The third-order valence-electron chi connectivity index (χ3n) is 4.30. The van der Waals surface area contributed by atoms with Crippen molar-refractivity contribution in [3.63, 3.8) is 0 Å². The molecule has 2 N–H and O–H groups in total. The molecule has 26 heavy (non-hydrogen) atoms. The molecule has 0 aliphatic heterocycles. The maximum absolute atomic E-state index is 12.6. The second-order valence-corrected chi connectivity index (χ2v) is 6.02. The summed E-state index contributed by atoms with van der Waals surface area (Å²) in [6.45, 7) is 0. The first kappa shape index (κ1) is 15.9. The Kier molecular flexibility index (Phi) is 4.35. The number of carbonyl (C=O) groups excluding carboxylic acids is 1. The molecule has 4 aromatic carbocycles. The molecule has 0 spiro atoms. The van der Waals surface area contributed by atoms with Gasteiger partial charge in [-0.1, -0.05) is 84.9 Å². The van der Waals surface area contributed by atoms with Crippen LogP contribution in [0.25, 0.3) is 21.9 Å². The van der Waals surface area contributed by atoms with Crippen molar-refractivity contribution in [1.29, 1.82) is 0 Å². The first-order valence-corrected chi connectivity index (χ1v) is 8.51. The number of nitrogens with one attached hydrogen (secondary N) is 2. The van der Waals surface area contributed by atoms with E-state index in [0.29, 0.717) is 0 Å². The highest BCUT2D eigenvalue weighted by Crippen LogP contribution is 2.28. The van der Waals surface area contributed by atoms with Crippen molar-refractivity contribution in [1.82, 2.24) is 0 Å². The summed E-state index contributed by atoms with van der Waals surface area (Å²) in [5.41, 5.74) is 3.61. The first-order chi connectivity index (χ1) is 12.8. The van der Waals surface area contributed by atoms with Crippen LogP contribution in [0.5, 0.6) is 0 Å². The molecule has 4 aromatic rings. The van der Waals surface area contributed by atoms with Crippen LogP contribution in [-0.2, 0) is 0 Å². The van der Waals surface area contributed by atoms with Crippen LogP contribution in [0.4, 0.5) is 16.2 Å². The molecule has 0 heterocycles. The molecule has 0 unspecified atom stereocenters. The number of hydrogen-bond acceptors (Lipinski definition) is 1. The van der Waals surface area contributed by atoms with Gasteiger partial charge in [-0.3, -0.25) is 0 Å². The predicted molar refractivity (Wildman–Crippen MR) is 108 cm³/mol. The van der Waals surface area contributed by atoms with Crippen LogP contribution in [0.2, 0.25) is 0 Å². The predicted octanol–water partition coefficient (Wildman–Crippen LogP) is 6.15. The van der Waals surface area contributed by atoms with Crippen LogP contribution in [0, 0.1) is 0 Å². The molecule has 3 nitrogen and oxygen atoms in total. The summed E-state index contributed by atoms with van der Waals surface area (Å²) in [4.78, 5) is 12.6. The van der Waals surface area contributed by atoms with Crippen LogP contribution in [0.15, 0.2) is 97.1 Å². The Labute approximate surface area is 152 Å². The van der Waals surface area contributed by atoms with Gasteiger partial charge in [0.1, 0.15) is 0 Å². The van der Waals surface area contributed by atoms with E-state index in [2.05, 4.69) is 10.6 Å². The van der Waals surface area contributed by atoms with Crippen molar-refractivity contribution in [2.45, 2.75) is 0 Å². The number of benzene rings is 4. The van der Waals surface area contributed by atoms with Crippen molar-refractivity contribution in [2.24, 2.45) is 0 Å². The zero-order chi connectivity index (χ0) is 17.8. The number of amides is 2. The second-order valence-electron chi connectivity index (χ2n) is 6.02. The summed E-state index contributed by atoms with van der Waals surface area (Å²) in [6.07, 6.45) is 0. The molecule has 0 aromatic heterocycles. The first-order valence-electron chi connectivity index (χ1n) is 8.51. The van der Waals surface area contributed by atoms with Crippen molar-refractivity contribution in [3.8, 4) is 11.1 Å². The molecule has 126 valence electrons. The van der Waals surface area contributed by atoms with E-state index in [1.807, 2.05) is 97.1 Å². The Morgan fingerprint density at radius 2 is 1.19 bits per heavy atom. The zero-order valence-corrected chi connectivity index (χ0v) is 14.1. The molecular weight excluding hydrogens is 320 g/mol. The lowest BCUT2D eigenvalue weighted by Gasteiger charge is -2.13. The topological polar surface area (TPSA) is 41.1 Å². The lowest BCUT2D eigenvalue weighted by atomic mass is 10.0. The van der Waals surface area contributed by atoms with Gasteiger partial charge >= 0.3 is 6.03 Å². The van der Waals surface area contributed by atoms with Gasteiger partial charge in [0.25, 0.3) is 0 Å². The minimum Gasteiger partial charge on any atom is -0.307 e. The molecule has 0 saturated heterocycles. The monoisotopic (exact) mass is 338 g/mol. The summed E-state index contributed by atoms with van der Waals surface area (Å²) in [5, 5.41) is 8.04. The lowest BCUT2D eigenvalue weighted by Crippen LogP contribution is -2.20. The van der Waals surface area contributed by atoms with Gasteiger partial charge in [-0.2, -0.15) is 0 Å². The molecular formula is C23H18N2O. The second kappa shape index (κ2) is 7.11. The van der Waals surface area contributed by atoms with Gasteiger partial charge in [0.05, 0.1) is 11.4 Å². The number of fused-ring (bicyclic) bond motifs is 1. The summed E-state index contributed by atoms with van der Waals surface area (Å²) in [6, 6.07) is 31.4. The average Bonchev–Trinajstić information content (AvgIpc) is 2.69. The fourth-order valence-electron chi connectivity index (χ4n) is 3.07. The van der Waals surface area contributed by atoms with Gasteiger partial charge in [-0.15, -0.1) is 0 Å². The molecule has 2 amide bonds. The van der Waals surface area contributed by atoms with E-state index in [1.54, 1.807) is 0 Å². The largest absolute Gasteiger partial charge is 0.323 e. The Morgan fingerprint density at radius 1 is 0.577 bits per heavy atom. The normalized spacial score (nSPS) is 10.5. The molecule has 0 aliphatic carbocycles. The number of anilines is 2. The Morgan fingerprint density at radius 3 is 2.08 bits per heavy atom. The number of hydrogen-bond donors (Lipinski definition) is 2. The maximum atomic E-state index is 12.6. The van der Waals surface area contributed by atoms with Gasteiger partial charge in [0.15, 0.2) is 0 Å². The van der Waals surface area contributed by atoms with Gasteiger partial charge < -0.3 is 10.6 Å². The summed E-state index contributed by atoms with van der Waals surface area (Å²) in [7, 11) is 0. The van der Waals surface area contributed by atoms with Crippen molar-refractivity contribution in [3.05, 3.63) is 97.1 Å². The van der Waals surface area contributed by atoms with Gasteiger partial charge in [0.2, 0.25) is 0 Å². The van der Waals surface area contributed by atoms with E-state index >= 15 is 0 Å². The number of carbonyl (C=O) groups is 1. The lowest BCUT2D eigenvalue weighted by molar-refractivity contribution is 0.262. The van der Waals surface area contributed by atoms with E-state index in [1.165, 1.54) is 0 Å². The molecule has 3 heteroatoms. The minimum absolute atomic E-state index is 0.260. The van der Waals surface area contributed by atoms with Gasteiger partial charge in [-0.05, 0) is 23.1 Å². The van der Waals surface area contributed by atoms with Crippen LogP contribution >= 0.6 is 0 Å². The Bertz CT molecular complexity index is 1050. The SMILES string of the molecule is O=C(Nc1ccccc1-c1ccccc1)Nc1cccc2ccccc12. The van der Waals surface area contributed by atoms with Crippen LogP contribution in [0.3, 0.4) is 0 Å². The maximum Gasteiger partial charge on any atom is 0.323 e. The molecule has 4 rings (SSSR count). The third-order valence-corrected chi connectivity index (χ3v) is 4.30. The van der Waals surface area contributed by atoms with E-state index in [9.17, 15) is 4.79 Å². The van der Waals surface area contributed by atoms with Gasteiger partial charge in [0, 0.05) is 10.9 Å². The Balaban J connectivity index is 1.60. The van der Waals surface area contributed by atoms with E-state index in [0.717, 1.165) is 33.3 Å². The Hall–Kier alpha value is -3.59. The summed E-state index contributed by atoms with van der Waals surface area (Å²) >= 11 is 0. The number of urea groups is 1. The fourth-order valence-corrected chi connectivity index (χ4v) is 3.07. The van der Waals surface area contributed by atoms with Gasteiger partial charge in [-0.25, -0.2) is 4.79 Å². The highest BCUT2D eigenvalue weighted by Gasteiger charge is 2.09. The van der Waals surface area contributed by atoms with Crippen LogP contribution in [0.1, 0.15) is 0 Å². The molecule has 0 aliphatic rings. The van der Waals surface area contributed by atoms with E-state index in [-0.39, 0.29) is 6.03 Å². The fraction of sp³-hybridized carbons (Fsp3) is 0. The molecule has 0 saturated carbocycles. The van der Waals surface area contributed by atoms with E-state index in [4.69, 9.17) is 0 Å². The third kappa shape index (κ3) is 3.28.